The molecule has 0 unspecified atom stereocenters. The second-order valence-electron chi connectivity index (χ2n) is 5.73. The lowest BCUT2D eigenvalue weighted by molar-refractivity contribution is -0.121. The van der Waals surface area contributed by atoms with Crippen molar-refractivity contribution in [3.8, 4) is 11.5 Å². The Bertz CT molecular complexity index is 718. The molecule has 2 aromatic carbocycles. The van der Waals surface area contributed by atoms with Crippen LogP contribution in [0.25, 0.3) is 0 Å². The molecule has 0 aliphatic heterocycles. The van der Waals surface area contributed by atoms with Crippen molar-refractivity contribution in [1.82, 2.24) is 5.32 Å². The molecule has 0 heterocycles. The van der Waals surface area contributed by atoms with Crippen molar-refractivity contribution < 1.29 is 14.3 Å². The average molecular weight is 362 g/mol. The number of carbonyl (C=O) groups is 1. The molecule has 5 heteroatoms. The summed E-state index contributed by atoms with van der Waals surface area (Å²) in [6, 6.07) is 13.2. The molecule has 0 aliphatic rings. The maximum Gasteiger partial charge on any atom is 0.220 e. The molecule has 2 rings (SSSR count). The molecule has 134 valence electrons. The Kier molecular flexibility index (Phi) is 7.14. The third-order valence-electron chi connectivity index (χ3n) is 4.13. The van der Waals surface area contributed by atoms with Crippen LogP contribution in [0.5, 0.6) is 11.5 Å². The average Bonchev–Trinajstić information content (AvgIpc) is 2.64. The number of rotatable bonds is 8. The van der Waals surface area contributed by atoms with Crippen molar-refractivity contribution in [3.05, 3.63) is 58.6 Å². The summed E-state index contributed by atoms with van der Waals surface area (Å²) < 4.78 is 10.6. The van der Waals surface area contributed by atoms with Crippen LogP contribution >= 0.6 is 11.6 Å². The highest BCUT2D eigenvalue weighted by Gasteiger charge is 2.15. The van der Waals surface area contributed by atoms with Crippen molar-refractivity contribution in [2.24, 2.45) is 0 Å². The molecule has 0 saturated heterocycles. The Morgan fingerprint density at radius 2 is 1.84 bits per heavy atom. The smallest absolute Gasteiger partial charge is 0.220 e. The van der Waals surface area contributed by atoms with Gasteiger partial charge in [-0.1, -0.05) is 42.8 Å². The predicted molar refractivity (Wildman–Crippen MR) is 100 cm³/mol. The van der Waals surface area contributed by atoms with E-state index in [1.807, 2.05) is 49.4 Å². The number of aryl methyl sites for hydroxylation is 1. The zero-order valence-electron chi connectivity index (χ0n) is 14.8. The number of ether oxygens (including phenoxy) is 2. The molecule has 0 spiro atoms. The van der Waals surface area contributed by atoms with E-state index in [4.69, 9.17) is 21.1 Å². The summed E-state index contributed by atoms with van der Waals surface area (Å²) in [5, 5.41) is 3.78. The largest absolute Gasteiger partial charge is 0.493 e. The van der Waals surface area contributed by atoms with Crippen LogP contribution in [0.3, 0.4) is 0 Å². The number of amides is 1. The molecule has 25 heavy (non-hydrogen) atoms. The Morgan fingerprint density at radius 3 is 2.48 bits per heavy atom. The van der Waals surface area contributed by atoms with E-state index < -0.39 is 0 Å². The van der Waals surface area contributed by atoms with E-state index in [0.29, 0.717) is 29.4 Å². The number of hydrogen-bond acceptors (Lipinski definition) is 3. The highest BCUT2D eigenvalue weighted by atomic mass is 35.5. The molecule has 0 aliphatic carbocycles. The first-order valence-electron chi connectivity index (χ1n) is 8.33. The van der Waals surface area contributed by atoms with Crippen molar-refractivity contribution in [2.75, 3.05) is 14.2 Å². The second-order valence-corrected chi connectivity index (χ2v) is 6.14. The number of halogens is 1. The molecule has 0 saturated carbocycles. The van der Waals surface area contributed by atoms with Gasteiger partial charge in [-0.15, -0.1) is 0 Å². The molecule has 0 aromatic heterocycles. The third-order valence-corrected chi connectivity index (χ3v) is 4.50. The summed E-state index contributed by atoms with van der Waals surface area (Å²) in [5.41, 5.74) is 1.98. The molecule has 2 aromatic rings. The van der Waals surface area contributed by atoms with Crippen LogP contribution in [0.2, 0.25) is 5.02 Å². The van der Waals surface area contributed by atoms with Gasteiger partial charge >= 0.3 is 0 Å². The van der Waals surface area contributed by atoms with Crippen molar-refractivity contribution in [3.63, 3.8) is 0 Å². The standard InChI is InChI=1S/C20H24ClNO3/c1-4-17(15-9-11-18(24-2)19(13-15)25-3)22-20(23)12-10-14-7-5-6-8-16(14)21/h5-9,11,13,17H,4,10,12H2,1-3H3,(H,22,23)/t17-/m0/s1. The first-order valence-corrected chi connectivity index (χ1v) is 8.71. The maximum atomic E-state index is 12.3. The van der Waals surface area contributed by atoms with Crippen LogP contribution in [0.1, 0.15) is 36.9 Å². The van der Waals surface area contributed by atoms with Gasteiger partial charge in [-0.2, -0.15) is 0 Å². The van der Waals surface area contributed by atoms with Gasteiger partial charge in [0.1, 0.15) is 0 Å². The minimum Gasteiger partial charge on any atom is -0.493 e. The lowest BCUT2D eigenvalue weighted by atomic mass is 10.0. The molecule has 0 fully saturated rings. The van der Waals surface area contributed by atoms with E-state index in [1.165, 1.54) is 0 Å². The first kappa shape index (κ1) is 19.1. The quantitative estimate of drug-likeness (QED) is 0.749. The van der Waals surface area contributed by atoms with Gasteiger partial charge in [0.15, 0.2) is 11.5 Å². The van der Waals surface area contributed by atoms with Gasteiger partial charge in [0, 0.05) is 11.4 Å². The van der Waals surface area contributed by atoms with Crippen LogP contribution in [0.15, 0.2) is 42.5 Å². The van der Waals surface area contributed by atoms with Crippen LogP contribution in [-0.2, 0) is 11.2 Å². The minimum absolute atomic E-state index is 0.00144. The molecule has 1 N–H and O–H groups in total. The molecule has 0 radical (unpaired) electrons. The van der Waals surface area contributed by atoms with Gasteiger partial charge in [0.2, 0.25) is 5.91 Å². The molecule has 1 amide bonds. The Balaban J connectivity index is 2.01. The Morgan fingerprint density at radius 1 is 1.12 bits per heavy atom. The second kappa shape index (κ2) is 9.33. The zero-order valence-corrected chi connectivity index (χ0v) is 15.6. The predicted octanol–water partition coefficient (Wildman–Crippen LogP) is 4.56. The van der Waals surface area contributed by atoms with Gasteiger partial charge in [0.25, 0.3) is 0 Å². The van der Waals surface area contributed by atoms with Crippen molar-refractivity contribution >= 4 is 17.5 Å². The number of carbonyl (C=O) groups excluding carboxylic acids is 1. The highest BCUT2D eigenvalue weighted by Crippen LogP contribution is 2.31. The molecule has 0 bridgehead atoms. The summed E-state index contributed by atoms with van der Waals surface area (Å²) >= 11 is 6.14. The van der Waals surface area contributed by atoms with Gasteiger partial charge in [0.05, 0.1) is 20.3 Å². The highest BCUT2D eigenvalue weighted by molar-refractivity contribution is 6.31. The SMILES string of the molecule is CC[C@H](NC(=O)CCc1ccccc1Cl)c1ccc(OC)c(OC)c1. The fourth-order valence-electron chi connectivity index (χ4n) is 2.71. The van der Waals surface area contributed by atoms with Crippen LogP contribution in [-0.4, -0.2) is 20.1 Å². The monoisotopic (exact) mass is 361 g/mol. The van der Waals surface area contributed by atoms with E-state index in [2.05, 4.69) is 5.32 Å². The van der Waals surface area contributed by atoms with Crippen LogP contribution in [0.4, 0.5) is 0 Å². The normalized spacial score (nSPS) is 11.7. The first-order chi connectivity index (χ1) is 12.1. The van der Waals surface area contributed by atoms with Gasteiger partial charge in [-0.05, 0) is 42.2 Å². The number of hydrogen-bond donors (Lipinski definition) is 1. The third kappa shape index (κ3) is 5.13. The van der Waals surface area contributed by atoms with Gasteiger partial charge in [-0.25, -0.2) is 0 Å². The van der Waals surface area contributed by atoms with E-state index >= 15 is 0 Å². The van der Waals surface area contributed by atoms with E-state index in [1.54, 1.807) is 14.2 Å². The van der Waals surface area contributed by atoms with Crippen LogP contribution < -0.4 is 14.8 Å². The number of methoxy groups -OCH3 is 2. The number of benzene rings is 2. The lowest BCUT2D eigenvalue weighted by Crippen LogP contribution is -2.28. The molecular formula is C20H24ClNO3. The van der Waals surface area contributed by atoms with E-state index in [-0.39, 0.29) is 11.9 Å². The topological polar surface area (TPSA) is 47.6 Å². The summed E-state index contributed by atoms with van der Waals surface area (Å²) in [6.45, 7) is 2.04. The number of nitrogens with one attached hydrogen (secondary N) is 1. The summed E-state index contributed by atoms with van der Waals surface area (Å²) in [5.74, 6) is 1.33. The van der Waals surface area contributed by atoms with Gasteiger partial charge < -0.3 is 14.8 Å². The van der Waals surface area contributed by atoms with Crippen molar-refractivity contribution in [2.45, 2.75) is 32.2 Å². The zero-order chi connectivity index (χ0) is 18.2. The molecular weight excluding hydrogens is 338 g/mol. The summed E-state index contributed by atoms with van der Waals surface area (Å²) in [4.78, 5) is 12.3. The summed E-state index contributed by atoms with van der Waals surface area (Å²) in [7, 11) is 3.20. The molecule has 4 nitrogen and oxygen atoms in total. The lowest BCUT2D eigenvalue weighted by Gasteiger charge is -2.19. The summed E-state index contributed by atoms with van der Waals surface area (Å²) in [6.07, 6.45) is 1.80. The van der Waals surface area contributed by atoms with Gasteiger partial charge in [-0.3, -0.25) is 4.79 Å². The fourth-order valence-corrected chi connectivity index (χ4v) is 2.94. The van der Waals surface area contributed by atoms with E-state index in [0.717, 1.165) is 17.5 Å². The van der Waals surface area contributed by atoms with Crippen LogP contribution in [0, 0.1) is 0 Å². The van der Waals surface area contributed by atoms with E-state index in [9.17, 15) is 4.79 Å². The Hall–Kier alpha value is -2.20. The Labute approximate surface area is 154 Å². The minimum atomic E-state index is -0.0708. The fraction of sp³-hybridized carbons (Fsp3) is 0.350. The molecule has 1 atom stereocenters. The maximum absolute atomic E-state index is 12.3. The van der Waals surface area contributed by atoms with Crippen molar-refractivity contribution in [1.29, 1.82) is 0 Å².